The fraction of sp³-hybridized carbons (Fsp3) is 0.200. The highest BCUT2D eigenvalue weighted by molar-refractivity contribution is 6.00. The maximum atomic E-state index is 13.1. The molecule has 0 fully saturated rings. The number of methoxy groups -OCH3 is 1. The number of aliphatic hydroxyl groups is 1. The van der Waals surface area contributed by atoms with Gasteiger partial charge in [0.1, 0.15) is 17.2 Å². The molecule has 7 nitrogen and oxygen atoms in total. The summed E-state index contributed by atoms with van der Waals surface area (Å²) in [6.45, 7) is 0.254. The Kier molecular flexibility index (Phi) is 6.67. The van der Waals surface area contributed by atoms with E-state index in [0.29, 0.717) is 24.2 Å². The van der Waals surface area contributed by atoms with Crippen molar-refractivity contribution in [1.29, 1.82) is 0 Å². The largest absolute Gasteiger partial charge is 0.497 e. The van der Waals surface area contributed by atoms with E-state index in [1.807, 2.05) is 60.7 Å². The highest BCUT2D eigenvalue weighted by Gasteiger charge is 2.20. The van der Waals surface area contributed by atoms with Crippen LogP contribution in [0, 0.1) is 5.92 Å². The molecule has 0 spiro atoms. The van der Waals surface area contributed by atoms with Gasteiger partial charge in [-0.3, -0.25) is 4.79 Å². The second-order valence-electron chi connectivity index (χ2n) is 7.44. The molecule has 0 aliphatic rings. The second kappa shape index (κ2) is 9.98. The molecule has 32 heavy (non-hydrogen) atoms. The van der Waals surface area contributed by atoms with Crippen LogP contribution in [-0.4, -0.2) is 41.1 Å². The van der Waals surface area contributed by atoms with Gasteiger partial charge in [-0.05, 0) is 48.5 Å². The number of para-hydroxylation sites is 1. The number of hydrogen-bond acceptors (Lipinski definition) is 5. The molecule has 0 aliphatic carbocycles. The summed E-state index contributed by atoms with van der Waals surface area (Å²) < 4.78 is 12.3. The van der Waals surface area contributed by atoms with Gasteiger partial charge in [-0.25, -0.2) is 4.68 Å². The fourth-order valence-corrected chi connectivity index (χ4v) is 3.46. The van der Waals surface area contributed by atoms with Crippen molar-refractivity contribution in [2.75, 3.05) is 20.3 Å². The maximum Gasteiger partial charge on any atom is 0.255 e. The molecule has 2 aromatic carbocycles. The highest BCUT2D eigenvalue weighted by atomic mass is 16.5. The van der Waals surface area contributed by atoms with Gasteiger partial charge in [-0.15, -0.1) is 0 Å². The summed E-state index contributed by atoms with van der Waals surface area (Å²) >= 11 is 0. The van der Waals surface area contributed by atoms with E-state index in [4.69, 9.17) is 9.15 Å². The molecule has 0 unspecified atom stereocenters. The number of benzene rings is 2. The molecule has 2 aromatic heterocycles. The van der Waals surface area contributed by atoms with Crippen molar-refractivity contribution >= 4 is 5.91 Å². The molecule has 2 N–H and O–H groups in total. The quantitative estimate of drug-likeness (QED) is 0.422. The van der Waals surface area contributed by atoms with Gasteiger partial charge in [0.25, 0.3) is 5.91 Å². The zero-order chi connectivity index (χ0) is 22.3. The Balaban J connectivity index is 1.59. The summed E-state index contributed by atoms with van der Waals surface area (Å²) in [4.78, 5) is 13.1. The van der Waals surface area contributed by atoms with Crippen LogP contribution >= 0.6 is 0 Å². The van der Waals surface area contributed by atoms with Gasteiger partial charge in [0.05, 0.1) is 24.6 Å². The molecule has 1 atom stereocenters. The minimum atomic E-state index is -0.254. The van der Waals surface area contributed by atoms with Crippen molar-refractivity contribution < 1.29 is 19.1 Å². The van der Waals surface area contributed by atoms with Crippen LogP contribution in [0.4, 0.5) is 0 Å². The highest BCUT2D eigenvalue weighted by Crippen LogP contribution is 2.26. The topological polar surface area (TPSA) is 89.5 Å². The SMILES string of the molecule is COc1ccc(-c2nn(-c3ccccc3)cc2C(=O)NC[C@H](CO)Cc2ccco2)cc1. The number of hydrogen-bond donors (Lipinski definition) is 2. The van der Waals surface area contributed by atoms with Crippen LogP contribution in [0.1, 0.15) is 16.1 Å². The summed E-state index contributed by atoms with van der Waals surface area (Å²) in [5.41, 5.74) is 2.68. The Bertz CT molecular complexity index is 1140. The van der Waals surface area contributed by atoms with Gasteiger partial charge < -0.3 is 19.6 Å². The van der Waals surface area contributed by atoms with Crippen molar-refractivity contribution in [2.24, 2.45) is 5.92 Å². The number of rotatable bonds is 9. The number of aliphatic hydroxyl groups excluding tert-OH is 1. The van der Waals surface area contributed by atoms with Crippen LogP contribution in [0.2, 0.25) is 0 Å². The second-order valence-corrected chi connectivity index (χ2v) is 7.44. The molecule has 0 bridgehead atoms. The lowest BCUT2D eigenvalue weighted by molar-refractivity contribution is 0.0939. The minimum Gasteiger partial charge on any atom is -0.497 e. The Labute approximate surface area is 186 Å². The van der Waals surface area contributed by atoms with Crippen LogP contribution in [-0.2, 0) is 6.42 Å². The van der Waals surface area contributed by atoms with E-state index in [1.165, 1.54) is 0 Å². The summed E-state index contributed by atoms with van der Waals surface area (Å²) in [5.74, 6) is 1.09. The van der Waals surface area contributed by atoms with Gasteiger partial charge >= 0.3 is 0 Å². The van der Waals surface area contributed by atoms with E-state index < -0.39 is 0 Å². The average molecular weight is 431 g/mol. The number of nitrogens with zero attached hydrogens (tertiary/aromatic N) is 2. The summed E-state index contributed by atoms with van der Waals surface area (Å²) in [6, 6.07) is 20.7. The molecule has 4 rings (SSSR count). The third-order valence-electron chi connectivity index (χ3n) is 5.22. The summed E-state index contributed by atoms with van der Waals surface area (Å²) in [5, 5.41) is 17.3. The van der Waals surface area contributed by atoms with Crippen molar-refractivity contribution in [3.63, 3.8) is 0 Å². The van der Waals surface area contributed by atoms with Crippen molar-refractivity contribution in [3.8, 4) is 22.7 Å². The first-order valence-corrected chi connectivity index (χ1v) is 10.4. The summed E-state index contributed by atoms with van der Waals surface area (Å²) in [6.07, 6.45) is 3.87. The van der Waals surface area contributed by atoms with E-state index in [9.17, 15) is 9.90 Å². The molecule has 164 valence electrons. The monoisotopic (exact) mass is 431 g/mol. The number of furan rings is 1. The maximum absolute atomic E-state index is 13.1. The first-order valence-electron chi connectivity index (χ1n) is 10.4. The molecule has 0 saturated carbocycles. The number of nitrogens with one attached hydrogen (secondary N) is 1. The predicted octanol–water partition coefficient (Wildman–Crippen LogP) is 3.72. The van der Waals surface area contributed by atoms with Crippen LogP contribution < -0.4 is 10.1 Å². The van der Waals surface area contributed by atoms with Gasteiger partial charge in [0.15, 0.2) is 0 Å². The van der Waals surface area contributed by atoms with E-state index in [0.717, 1.165) is 22.8 Å². The molecule has 1 amide bonds. The lowest BCUT2D eigenvalue weighted by Gasteiger charge is -2.13. The molecular weight excluding hydrogens is 406 g/mol. The number of carbonyl (C=O) groups excluding carboxylic acids is 1. The molecule has 0 saturated heterocycles. The van der Waals surface area contributed by atoms with Gasteiger partial charge in [0.2, 0.25) is 0 Å². The zero-order valence-corrected chi connectivity index (χ0v) is 17.8. The van der Waals surface area contributed by atoms with Gasteiger partial charge in [-0.2, -0.15) is 5.10 Å². The van der Waals surface area contributed by atoms with Crippen LogP contribution in [0.15, 0.2) is 83.6 Å². The summed E-state index contributed by atoms with van der Waals surface area (Å²) in [7, 11) is 1.61. The molecule has 2 heterocycles. The fourth-order valence-electron chi connectivity index (χ4n) is 3.46. The smallest absolute Gasteiger partial charge is 0.255 e. The Morgan fingerprint density at radius 3 is 2.56 bits per heavy atom. The first kappa shape index (κ1) is 21.4. The van der Waals surface area contributed by atoms with Gasteiger partial charge in [-0.1, -0.05) is 18.2 Å². The van der Waals surface area contributed by atoms with Gasteiger partial charge in [0, 0.05) is 37.3 Å². The Morgan fingerprint density at radius 2 is 1.91 bits per heavy atom. The number of carbonyl (C=O) groups is 1. The predicted molar refractivity (Wildman–Crippen MR) is 121 cm³/mol. The number of ether oxygens (including phenoxy) is 1. The number of amides is 1. The molecule has 0 aliphatic heterocycles. The van der Waals surface area contributed by atoms with Crippen molar-refractivity contribution in [2.45, 2.75) is 6.42 Å². The molecular formula is C25H25N3O4. The lowest BCUT2D eigenvalue weighted by atomic mass is 10.0. The molecule has 0 radical (unpaired) electrons. The Hall–Kier alpha value is -3.84. The third-order valence-corrected chi connectivity index (χ3v) is 5.22. The average Bonchev–Trinajstić information content (AvgIpc) is 3.52. The van der Waals surface area contributed by atoms with E-state index in [-0.39, 0.29) is 18.4 Å². The lowest BCUT2D eigenvalue weighted by Crippen LogP contribution is -2.31. The van der Waals surface area contributed by atoms with Crippen molar-refractivity contribution in [1.82, 2.24) is 15.1 Å². The van der Waals surface area contributed by atoms with E-state index in [2.05, 4.69) is 10.4 Å². The minimum absolute atomic E-state index is 0.0599. The van der Waals surface area contributed by atoms with Crippen LogP contribution in [0.3, 0.4) is 0 Å². The number of aromatic nitrogens is 2. The zero-order valence-electron chi connectivity index (χ0n) is 17.8. The van der Waals surface area contributed by atoms with Crippen LogP contribution in [0.5, 0.6) is 5.75 Å². The standard InChI is InChI=1S/C25H25N3O4/c1-31-21-11-9-19(10-12-21)24-23(16-28(27-24)20-6-3-2-4-7-20)25(30)26-15-18(17-29)14-22-8-5-13-32-22/h2-13,16,18,29H,14-15,17H2,1H3,(H,26,30)/t18-/m1/s1. The van der Waals surface area contributed by atoms with E-state index in [1.54, 1.807) is 30.3 Å². The Morgan fingerprint density at radius 1 is 1.12 bits per heavy atom. The molecule has 4 aromatic rings. The first-order chi connectivity index (χ1) is 15.7. The molecule has 7 heteroatoms. The van der Waals surface area contributed by atoms with Crippen LogP contribution in [0.25, 0.3) is 16.9 Å². The normalized spacial score (nSPS) is 11.8. The van der Waals surface area contributed by atoms with Crippen molar-refractivity contribution in [3.05, 3.63) is 90.5 Å². The van der Waals surface area contributed by atoms with E-state index >= 15 is 0 Å². The third kappa shape index (κ3) is 4.90.